The third kappa shape index (κ3) is 44.1. The van der Waals surface area contributed by atoms with Gasteiger partial charge in [0.2, 0.25) is 0 Å². The summed E-state index contributed by atoms with van der Waals surface area (Å²) in [6.45, 7) is 6.38. The lowest BCUT2D eigenvalue weighted by atomic mass is 10.1. The van der Waals surface area contributed by atoms with Gasteiger partial charge in [-0.3, -0.25) is 4.79 Å². The summed E-state index contributed by atoms with van der Waals surface area (Å²) in [7, 11) is 0. The summed E-state index contributed by atoms with van der Waals surface area (Å²) in [4.78, 5) is 37.5. The van der Waals surface area contributed by atoms with E-state index in [0.29, 0.717) is 6.42 Å². The molecule has 6 nitrogen and oxygen atoms in total. The minimum atomic E-state index is -0.900. The fraction of sp³-hybridized carbons (Fsp3) is 0.745. The minimum absolute atomic E-state index is 0.164. The molecular weight excluding hydrogens is 709 g/mol. The molecule has 328 valence electrons. The fourth-order valence-electron chi connectivity index (χ4n) is 6.63. The highest BCUT2D eigenvalue weighted by molar-refractivity contribution is 5.83. The summed E-state index contributed by atoms with van der Waals surface area (Å²) in [6, 6.07) is 0. The van der Waals surface area contributed by atoms with Gasteiger partial charge in [-0.25, -0.2) is 9.59 Å². The number of carbonyl (C=O) groups is 3. The third-order valence-corrected chi connectivity index (χ3v) is 10.2. The molecule has 1 atom stereocenters. The number of carbonyl (C=O) groups excluding carboxylic acids is 3. The van der Waals surface area contributed by atoms with Crippen molar-refractivity contribution in [3.8, 4) is 0 Å². The maximum absolute atomic E-state index is 12.6. The molecule has 0 aliphatic rings. The number of rotatable bonds is 42. The van der Waals surface area contributed by atoms with Gasteiger partial charge in [0.1, 0.15) is 13.2 Å². The molecule has 6 heteroatoms. The van der Waals surface area contributed by atoms with Gasteiger partial charge in [0.25, 0.3) is 0 Å². The number of esters is 3. The summed E-state index contributed by atoms with van der Waals surface area (Å²) < 4.78 is 16.3. The van der Waals surface area contributed by atoms with Crippen molar-refractivity contribution in [3.63, 3.8) is 0 Å². The highest BCUT2D eigenvalue weighted by atomic mass is 16.6. The monoisotopic (exact) mass is 797 g/mol. The van der Waals surface area contributed by atoms with Crippen molar-refractivity contribution >= 4 is 17.9 Å². The Labute approximate surface area is 351 Å². The molecule has 0 N–H and O–H groups in total. The molecule has 0 amide bonds. The average molecular weight is 797 g/mol. The van der Waals surface area contributed by atoms with Crippen molar-refractivity contribution < 1.29 is 28.6 Å². The van der Waals surface area contributed by atoms with E-state index in [1.165, 1.54) is 173 Å². The highest BCUT2D eigenvalue weighted by Gasteiger charge is 2.18. The van der Waals surface area contributed by atoms with E-state index in [0.717, 1.165) is 38.5 Å². The van der Waals surface area contributed by atoms with Crippen molar-refractivity contribution in [1.29, 1.82) is 0 Å². The molecule has 0 bridgehead atoms. The summed E-state index contributed by atoms with van der Waals surface area (Å²) in [5.41, 5.74) is 0. The van der Waals surface area contributed by atoms with Crippen LogP contribution in [0.2, 0.25) is 0 Å². The molecule has 0 saturated carbocycles. The number of ether oxygens (including phenoxy) is 3. The van der Waals surface area contributed by atoms with Crippen molar-refractivity contribution in [1.82, 2.24) is 0 Å². The summed E-state index contributed by atoms with van der Waals surface area (Å²) in [5.74, 6) is -1.46. The van der Waals surface area contributed by atoms with Crippen molar-refractivity contribution in [2.75, 3.05) is 13.2 Å². The van der Waals surface area contributed by atoms with Gasteiger partial charge in [-0.1, -0.05) is 236 Å². The minimum Gasteiger partial charge on any atom is -0.462 e. The Kier molecular flexibility index (Phi) is 43.5. The number of allylic oxidation sites excluding steroid dienone is 8. The Morgan fingerprint density at radius 3 is 1.21 bits per heavy atom. The Morgan fingerprint density at radius 2 is 0.737 bits per heavy atom. The molecule has 0 radical (unpaired) electrons. The molecule has 0 aliphatic heterocycles. The summed E-state index contributed by atoms with van der Waals surface area (Å²) >= 11 is 0. The lowest BCUT2D eigenvalue weighted by Crippen LogP contribution is -2.30. The van der Waals surface area contributed by atoms with Crippen LogP contribution in [0.4, 0.5) is 0 Å². The molecule has 0 heterocycles. The van der Waals surface area contributed by atoms with Crippen LogP contribution in [0.15, 0.2) is 60.8 Å². The van der Waals surface area contributed by atoms with Crippen LogP contribution in [0.3, 0.4) is 0 Å². The molecule has 57 heavy (non-hydrogen) atoms. The van der Waals surface area contributed by atoms with E-state index in [9.17, 15) is 14.4 Å². The average Bonchev–Trinajstić information content (AvgIpc) is 3.21. The maximum atomic E-state index is 12.6. The van der Waals surface area contributed by atoms with Gasteiger partial charge in [-0.2, -0.15) is 0 Å². The fourth-order valence-corrected chi connectivity index (χ4v) is 6.63. The molecule has 0 spiro atoms. The molecule has 0 aromatic heterocycles. The van der Waals surface area contributed by atoms with Crippen LogP contribution in [-0.4, -0.2) is 37.2 Å². The van der Waals surface area contributed by atoms with Crippen LogP contribution >= 0.6 is 0 Å². The Hall–Kier alpha value is -2.89. The van der Waals surface area contributed by atoms with Crippen LogP contribution in [0.25, 0.3) is 0 Å². The lowest BCUT2D eigenvalue weighted by Gasteiger charge is -2.17. The van der Waals surface area contributed by atoms with Gasteiger partial charge in [0, 0.05) is 18.6 Å². The second-order valence-electron chi connectivity index (χ2n) is 15.9. The number of hydrogen-bond donors (Lipinski definition) is 0. The first-order valence-corrected chi connectivity index (χ1v) is 23.9. The Bertz CT molecular complexity index is 1050. The van der Waals surface area contributed by atoms with E-state index in [1.54, 1.807) is 18.2 Å². The van der Waals surface area contributed by atoms with Gasteiger partial charge >= 0.3 is 17.9 Å². The first-order valence-electron chi connectivity index (χ1n) is 23.9. The Balaban J connectivity index is 4.58. The third-order valence-electron chi connectivity index (χ3n) is 10.2. The quantitative estimate of drug-likeness (QED) is 0.0201. The van der Waals surface area contributed by atoms with Gasteiger partial charge < -0.3 is 14.2 Å². The molecular formula is C51H88O6. The van der Waals surface area contributed by atoms with E-state index >= 15 is 0 Å². The molecule has 0 saturated heterocycles. The standard InChI is InChI=1S/C51H88O6/c1-4-7-10-13-16-19-21-23-25-27-29-32-35-38-41-44-50(53)56-47-48(46-55-49(52)43-40-37-34-31-18-15-12-9-6-3)57-51(54)45-42-39-36-33-30-28-26-24-22-20-17-14-11-8-5-2/h30,33,35-36,38-39,41-42,44-45,48H,4-29,31-32,34,37,40,43,46-47H2,1-3H3/b33-30+,38-35+,39-36+,44-41+,45-42+. The van der Waals surface area contributed by atoms with Crippen molar-refractivity contribution in [2.24, 2.45) is 0 Å². The van der Waals surface area contributed by atoms with Crippen LogP contribution in [0.5, 0.6) is 0 Å². The predicted octanol–water partition coefficient (Wildman–Crippen LogP) is 15.3. The molecule has 0 aliphatic carbocycles. The second kappa shape index (κ2) is 45.8. The zero-order chi connectivity index (χ0) is 41.5. The summed E-state index contributed by atoms with van der Waals surface area (Å²) in [5, 5.41) is 0. The van der Waals surface area contributed by atoms with Gasteiger partial charge in [0.05, 0.1) is 0 Å². The van der Waals surface area contributed by atoms with E-state index in [1.807, 2.05) is 18.2 Å². The van der Waals surface area contributed by atoms with E-state index < -0.39 is 18.0 Å². The lowest BCUT2D eigenvalue weighted by molar-refractivity contribution is -0.162. The van der Waals surface area contributed by atoms with Crippen LogP contribution < -0.4 is 0 Å². The number of hydrogen-bond acceptors (Lipinski definition) is 6. The van der Waals surface area contributed by atoms with Crippen LogP contribution in [0.1, 0.15) is 226 Å². The largest absolute Gasteiger partial charge is 0.462 e. The van der Waals surface area contributed by atoms with E-state index in [2.05, 4.69) is 32.9 Å². The van der Waals surface area contributed by atoms with Gasteiger partial charge in [0.15, 0.2) is 6.10 Å². The zero-order valence-electron chi connectivity index (χ0n) is 37.3. The predicted molar refractivity (Wildman–Crippen MR) is 242 cm³/mol. The number of unbranched alkanes of at least 4 members (excludes halogenated alkanes) is 28. The zero-order valence-corrected chi connectivity index (χ0v) is 37.3. The smallest absolute Gasteiger partial charge is 0.331 e. The van der Waals surface area contributed by atoms with Crippen LogP contribution in [-0.2, 0) is 28.6 Å². The summed E-state index contributed by atoms with van der Waals surface area (Å²) in [6.07, 6.45) is 56.1. The first-order chi connectivity index (χ1) is 28.0. The van der Waals surface area contributed by atoms with E-state index in [-0.39, 0.29) is 19.2 Å². The molecule has 0 aromatic rings. The molecule has 0 aromatic carbocycles. The van der Waals surface area contributed by atoms with E-state index in [4.69, 9.17) is 14.2 Å². The van der Waals surface area contributed by atoms with Crippen LogP contribution in [0, 0.1) is 0 Å². The van der Waals surface area contributed by atoms with Gasteiger partial charge in [-0.05, 0) is 32.1 Å². The topological polar surface area (TPSA) is 78.9 Å². The first kappa shape index (κ1) is 54.1. The Morgan fingerprint density at radius 1 is 0.386 bits per heavy atom. The normalized spacial score (nSPS) is 12.5. The van der Waals surface area contributed by atoms with Gasteiger partial charge in [-0.15, -0.1) is 0 Å². The van der Waals surface area contributed by atoms with Crippen molar-refractivity contribution in [2.45, 2.75) is 232 Å². The molecule has 0 rings (SSSR count). The SMILES string of the molecule is CCCCCCCCCCC/C=C/C=C/C=C/C(=O)OC(COC(=O)/C=C/C=C/CCCCCCCCCCCCC)COC(=O)CCCCCCCCCCC. The maximum Gasteiger partial charge on any atom is 0.331 e. The highest BCUT2D eigenvalue weighted by Crippen LogP contribution is 2.14. The molecule has 1 unspecified atom stereocenters. The molecule has 0 fully saturated rings. The van der Waals surface area contributed by atoms with Crippen molar-refractivity contribution in [3.05, 3.63) is 60.8 Å². The second-order valence-corrected chi connectivity index (χ2v) is 15.9.